The lowest BCUT2D eigenvalue weighted by Crippen LogP contribution is -2.57. The molecule has 0 aromatic carbocycles. The van der Waals surface area contributed by atoms with Gasteiger partial charge < -0.3 is 9.25 Å². The van der Waals surface area contributed by atoms with E-state index < -0.39 is 4.92 Å². The van der Waals surface area contributed by atoms with Gasteiger partial charge in [-0.2, -0.15) is 0 Å². The van der Waals surface area contributed by atoms with E-state index in [0.717, 1.165) is 44.5 Å². The molecule has 1 saturated heterocycles. The number of hydrogen-bond acceptors (Lipinski definition) is 6. The summed E-state index contributed by atoms with van der Waals surface area (Å²) in [7, 11) is 0. The fourth-order valence-electron chi connectivity index (χ4n) is 4.27. The van der Waals surface area contributed by atoms with Crippen molar-refractivity contribution in [3.8, 4) is 0 Å². The number of rotatable bonds is 3. The zero-order valence-corrected chi connectivity index (χ0v) is 13.1. The summed E-state index contributed by atoms with van der Waals surface area (Å²) >= 11 is 0. The lowest BCUT2D eigenvalue weighted by Gasteiger charge is -2.46. The van der Waals surface area contributed by atoms with Crippen LogP contribution in [0, 0.1) is 16.0 Å². The maximum Gasteiger partial charge on any atom is 0.433 e. The fourth-order valence-corrected chi connectivity index (χ4v) is 4.27. The molecule has 1 aromatic rings. The molecule has 1 aliphatic carbocycles. The van der Waals surface area contributed by atoms with Crippen LogP contribution in [0.1, 0.15) is 50.7 Å². The highest BCUT2D eigenvalue weighted by atomic mass is 16.7. The van der Waals surface area contributed by atoms with Crippen LogP contribution in [0.4, 0.5) is 5.88 Å². The van der Waals surface area contributed by atoms with Gasteiger partial charge in [-0.15, -0.1) is 0 Å². The second kappa shape index (κ2) is 5.63. The van der Waals surface area contributed by atoms with E-state index in [2.05, 4.69) is 10.1 Å². The molecule has 1 aromatic heterocycles. The fraction of sp³-hybridized carbons (Fsp3) is 0.688. The van der Waals surface area contributed by atoms with Crippen LogP contribution in [0.15, 0.2) is 21.7 Å². The Morgan fingerprint density at radius 2 is 2.04 bits per heavy atom. The van der Waals surface area contributed by atoms with Gasteiger partial charge in [0, 0.05) is 19.5 Å². The van der Waals surface area contributed by atoms with Gasteiger partial charge in [0.1, 0.15) is 10.6 Å². The molecule has 23 heavy (non-hydrogen) atoms. The number of nitrogens with zero attached hydrogens (tertiary/aromatic N) is 3. The Hall–Kier alpha value is -1.89. The summed E-state index contributed by atoms with van der Waals surface area (Å²) < 4.78 is 5.38. The summed E-state index contributed by atoms with van der Waals surface area (Å²) in [6.45, 7) is 2.08. The third-order valence-corrected chi connectivity index (χ3v) is 5.37. The van der Waals surface area contributed by atoms with Crippen molar-refractivity contribution >= 4 is 11.6 Å². The van der Waals surface area contributed by atoms with Gasteiger partial charge in [-0.3, -0.25) is 15.0 Å². The minimum atomic E-state index is -0.515. The van der Waals surface area contributed by atoms with Gasteiger partial charge in [0.25, 0.3) is 0 Å². The quantitative estimate of drug-likeness (QED) is 0.630. The molecular formula is C16H21N3O4. The predicted molar refractivity (Wildman–Crippen MR) is 83.1 cm³/mol. The molecule has 3 heterocycles. The Balaban J connectivity index is 1.63. The maximum atomic E-state index is 10.9. The minimum absolute atomic E-state index is 0.139. The lowest BCUT2D eigenvalue weighted by atomic mass is 9.76. The molecule has 124 valence electrons. The molecule has 0 radical (unpaired) electrons. The molecule has 0 N–H and O–H groups in total. The summed E-state index contributed by atoms with van der Waals surface area (Å²) in [6, 6.07) is 3.03. The van der Waals surface area contributed by atoms with Crippen LogP contribution >= 0.6 is 0 Å². The average Bonchev–Trinajstić information content (AvgIpc) is 3.21. The van der Waals surface area contributed by atoms with Crippen molar-refractivity contribution in [1.82, 2.24) is 4.90 Å². The molecule has 7 heteroatoms. The van der Waals surface area contributed by atoms with Crippen molar-refractivity contribution < 1.29 is 14.2 Å². The van der Waals surface area contributed by atoms with Crippen LogP contribution in [0.2, 0.25) is 0 Å². The molecule has 7 nitrogen and oxygen atoms in total. The molecule has 2 unspecified atom stereocenters. The van der Waals surface area contributed by atoms with E-state index >= 15 is 0 Å². The molecule has 0 amide bonds. The Labute approximate surface area is 134 Å². The Morgan fingerprint density at radius 3 is 2.78 bits per heavy atom. The van der Waals surface area contributed by atoms with Crippen LogP contribution in [-0.4, -0.2) is 34.3 Å². The van der Waals surface area contributed by atoms with Gasteiger partial charge in [0.05, 0.1) is 12.0 Å². The maximum absolute atomic E-state index is 10.9. The minimum Gasteiger partial charge on any atom is -0.399 e. The normalized spacial score (nSPS) is 31.3. The van der Waals surface area contributed by atoms with Crippen LogP contribution in [0.3, 0.4) is 0 Å². The molecule has 4 rings (SSSR count). The third-order valence-electron chi connectivity index (χ3n) is 5.37. The van der Waals surface area contributed by atoms with Crippen molar-refractivity contribution in [2.75, 3.05) is 13.1 Å². The largest absolute Gasteiger partial charge is 0.433 e. The molecule has 0 bridgehead atoms. The van der Waals surface area contributed by atoms with Crippen molar-refractivity contribution in [2.24, 2.45) is 11.1 Å². The topological polar surface area (TPSA) is 81.1 Å². The van der Waals surface area contributed by atoms with Crippen molar-refractivity contribution in [3.05, 3.63) is 28.0 Å². The summed E-state index contributed by atoms with van der Waals surface area (Å²) in [6.07, 6.45) is 7.88. The van der Waals surface area contributed by atoms with Gasteiger partial charge >= 0.3 is 5.88 Å². The Kier molecular flexibility index (Phi) is 3.60. The predicted octanol–water partition coefficient (Wildman–Crippen LogP) is 3.29. The van der Waals surface area contributed by atoms with E-state index in [1.807, 2.05) is 0 Å². The Morgan fingerprint density at radius 1 is 1.22 bits per heavy atom. The van der Waals surface area contributed by atoms with Crippen molar-refractivity contribution in [3.63, 3.8) is 0 Å². The number of likely N-dealkylation sites (tertiary alicyclic amines) is 1. The number of hydrogen-bond donors (Lipinski definition) is 0. The van der Waals surface area contributed by atoms with Gasteiger partial charge in [0.15, 0.2) is 11.5 Å². The van der Waals surface area contributed by atoms with Crippen LogP contribution in [0.5, 0.6) is 0 Å². The first-order chi connectivity index (χ1) is 11.2. The number of fused-ring (bicyclic) bond motifs is 1. The molecule has 2 fully saturated rings. The first kappa shape index (κ1) is 14.7. The number of oxime groups is 1. The van der Waals surface area contributed by atoms with Crippen LogP contribution < -0.4 is 0 Å². The molecule has 3 aliphatic rings. The standard InChI is InChI=1S/C16H21N3O4/c20-19(21)14-8-7-13(22-14)15-12-6-2-3-9-16(12,23-17-15)18-10-4-1-5-11-18/h7-8,12H,1-6,9-11H2. The first-order valence-corrected chi connectivity index (χ1v) is 8.46. The van der Waals surface area contributed by atoms with Crippen LogP contribution in [0.25, 0.3) is 0 Å². The summed E-state index contributed by atoms with van der Waals surface area (Å²) in [5, 5.41) is 15.2. The second-order valence-electron chi connectivity index (χ2n) is 6.65. The second-order valence-corrected chi connectivity index (χ2v) is 6.65. The highest BCUT2D eigenvalue weighted by molar-refractivity contribution is 6.01. The monoisotopic (exact) mass is 319 g/mol. The SMILES string of the molecule is O=[N+]([O-])c1ccc(C2=NOC3(N4CCCCC4)CCCCC23)o1. The van der Waals surface area contributed by atoms with E-state index in [1.54, 1.807) is 6.07 Å². The molecule has 1 saturated carbocycles. The summed E-state index contributed by atoms with van der Waals surface area (Å²) in [4.78, 5) is 18.8. The van der Waals surface area contributed by atoms with Crippen molar-refractivity contribution in [2.45, 2.75) is 50.7 Å². The third kappa shape index (κ3) is 2.34. The van der Waals surface area contributed by atoms with Crippen LogP contribution in [-0.2, 0) is 4.84 Å². The van der Waals surface area contributed by atoms with E-state index in [-0.39, 0.29) is 17.5 Å². The number of nitro groups is 1. The highest BCUT2D eigenvalue weighted by Gasteiger charge is 2.55. The van der Waals surface area contributed by atoms with E-state index in [0.29, 0.717) is 5.76 Å². The smallest absolute Gasteiger partial charge is 0.399 e. The summed E-state index contributed by atoms with van der Waals surface area (Å²) in [5.41, 5.74) is 0.374. The average molecular weight is 319 g/mol. The zero-order valence-electron chi connectivity index (χ0n) is 13.1. The number of furan rings is 1. The molecule has 0 spiro atoms. The van der Waals surface area contributed by atoms with Gasteiger partial charge in [-0.25, -0.2) is 0 Å². The van der Waals surface area contributed by atoms with Crippen molar-refractivity contribution in [1.29, 1.82) is 0 Å². The van der Waals surface area contributed by atoms with E-state index in [1.165, 1.54) is 25.3 Å². The zero-order chi connectivity index (χ0) is 15.9. The van der Waals surface area contributed by atoms with Gasteiger partial charge in [-0.05, 0) is 31.7 Å². The number of piperidine rings is 1. The van der Waals surface area contributed by atoms with E-state index in [4.69, 9.17) is 9.25 Å². The van der Waals surface area contributed by atoms with Gasteiger partial charge in [-0.1, -0.05) is 18.0 Å². The molecular weight excluding hydrogens is 298 g/mol. The Bertz CT molecular complexity index is 635. The van der Waals surface area contributed by atoms with E-state index in [9.17, 15) is 10.1 Å². The first-order valence-electron chi connectivity index (χ1n) is 8.46. The summed E-state index contributed by atoms with van der Waals surface area (Å²) in [5.74, 6) is 0.372. The van der Waals surface area contributed by atoms with Gasteiger partial charge in [0.2, 0.25) is 0 Å². The highest BCUT2D eigenvalue weighted by Crippen LogP contribution is 2.46. The molecule has 2 atom stereocenters. The molecule has 2 aliphatic heterocycles. The lowest BCUT2D eigenvalue weighted by molar-refractivity contribution is -0.402.